The van der Waals surface area contributed by atoms with Gasteiger partial charge in [-0.3, -0.25) is 10.1 Å². The Balaban J connectivity index is 2.28. The van der Waals surface area contributed by atoms with Gasteiger partial charge in [0.05, 0.1) is 11.0 Å². The summed E-state index contributed by atoms with van der Waals surface area (Å²) < 4.78 is 26.6. The van der Waals surface area contributed by atoms with E-state index < -0.39 is 22.6 Å². The molecule has 2 aromatic carbocycles. The number of non-ortho nitro benzene ring substituents is 1. The average Bonchev–Trinajstić information content (AvgIpc) is 2.40. The van der Waals surface area contributed by atoms with Crippen LogP contribution in [-0.2, 0) is 0 Å². The van der Waals surface area contributed by atoms with E-state index in [2.05, 4.69) is 5.32 Å². The highest BCUT2D eigenvalue weighted by Gasteiger charge is 2.14. The smallest absolute Gasteiger partial charge is 0.271 e. The van der Waals surface area contributed by atoms with E-state index in [9.17, 15) is 18.9 Å². The summed E-state index contributed by atoms with van der Waals surface area (Å²) in [7, 11) is 0. The van der Waals surface area contributed by atoms with E-state index in [4.69, 9.17) is 0 Å². The van der Waals surface area contributed by atoms with Crippen LogP contribution in [0.25, 0.3) is 0 Å². The molecule has 0 saturated heterocycles. The molecule has 1 atom stereocenters. The van der Waals surface area contributed by atoms with Crippen molar-refractivity contribution in [3.8, 4) is 0 Å². The average molecular weight is 292 g/mol. The normalized spacial score (nSPS) is 12.0. The zero-order valence-electron chi connectivity index (χ0n) is 11.6. The number of aryl methyl sites for hydroxylation is 1. The van der Waals surface area contributed by atoms with Crippen molar-refractivity contribution in [1.29, 1.82) is 0 Å². The Morgan fingerprint density at radius 2 is 1.90 bits per heavy atom. The summed E-state index contributed by atoms with van der Waals surface area (Å²) in [5.41, 5.74) is 1.59. The Kier molecular flexibility index (Phi) is 4.16. The number of anilines is 1. The van der Waals surface area contributed by atoms with Crippen LogP contribution in [-0.4, -0.2) is 4.92 Å². The van der Waals surface area contributed by atoms with Gasteiger partial charge in [0.25, 0.3) is 5.69 Å². The minimum absolute atomic E-state index is 0.0464. The minimum Gasteiger partial charge on any atom is -0.378 e. The molecule has 0 aliphatic rings. The van der Waals surface area contributed by atoms with Gasteiger partial charge in [-0.05, 0) is 25.5 Å². The second kappa shape index (κ2) is 5.87. The summed E-state index contributed by atoms with van der Waals surface area (Å²) in [6.07, 6.45) is 0. The largest absolute Gasteiger partial charge is 0.378 e. The van der Waals surface area contributed by atoms with Gasteiger partial charge < -0.3 is 5.32 Å². The topological polar surface area (TPSA) is 55.2 Å². The van der Waals surface area contributed by atoms with Gasteiger partial charge in [0, 0.05) is 29.4 Å². The third-order valence-electron chi connectivity index (χ3n) is 3.23. The summed E-state index contributed by atoms with van der Waals surface area (Å²) in [4.78, 5) is 10.3. The van der Waals surface area contributed by atoms with Gasteiger partial charge in [0.2, 0.25) is 0 Å². The zero-order chi connectivity index (χ0) is 15.6. The monoisotopic (exact) mass is 292 g/mol. The van der Waals surface area contributed by atoms with Gasteiger partial charge in [-0.2, -0.15) is 0 Å². The summed E-state index contributed by atoms with van der Waals surface area (Å²) in [5, 5.41) is 13.8. The summed E-state index contributed by atoms with van der Waals surface area (Å²) in [6.45, 7) is 3.49. The Bertz CT molecular complexity index is 689. The third kappa shape index (κ3) is 3.34. The SMILES string of the molecule is Cc1ccc([N+](=O)[O-])cc1NC(C)c1ccc(F)cc1F. The van der Waals surface area contributed by atoms with Gasteiger partial charge in [-0.25, -0.2) is 8.78 Å². The lowest BCUT2D eigenvalue weighted by molar-refractivity contribution is -0.384. The fraction of sp³-hybridized carbons (Fsp3) is 0.200. The maximum absolute atomic E-state index is 13.7. The first-order valence-electron chi connectivity index (χ1n) is 6.35. The Labute approximate surface area is 120 Å². The highest BCUT2D eigenvalue weighted by molar-refractivity contribution is 5.57. The van der Waals surface area contributed by atoms with Crippen LogP contribution in [0.15, 0.2) is 36.4 Å². The van der Waals surface area contributed by atoms with Crippen LogP contribution in [0.1, 0.15) is 24.1 Å². The van der Waals surface area contributed by atoms with Crippen LogP contribution in [0, 0.1) is 28.7 Å². The molecule has 0 spiro atoms. The van der Waals surface area contributed by atoms with Crippen LogP contribution in [0.3, 0.4) is 0 Å². The summed E-state index contributed by atoms with van der Waals surface area (Å²) in [6, 6.07) is 7.32. The van der Waals surface area contributed by atoms with Crippen molar-refractivity contribution in [3.05, 3.63) is 69.3 Å². The van der Waals surface area contributed by atoms with Gasteiger partial charge in [0.15, 0.2) is 0 Å². The molecule has 1 N–H and O–H groups in total. The predicted molar refractivity (Wildman–Crippen MR) is 76.2 cm³/mol. The first-order valence-corrected chi connectivity index (χ1v) is 6.35. The molecule has 0 aromatic heterocycles. The van der Waals surface area contributed by atoms with Crippen LogP contribution >= 0.6 is 0 Å². The maximum atomic E-state index is 13.7. The molecule has 0 aliphatic heterocycles. The number of nitrogens with zero attached hydrogens (tertiary/aromatic N) is 1. The quantitative estimate of drug-likeness (QED) is 0.673. The lowest BCUT2D eigenvalue weighted by atomic mass is 10.1. The van der Waals surface area contributed by atoms with E-state index in [1.807, 2.05) is 0 Å². The summed E-state index contributed by atoms with van der Waals surface area (Å²) in [5.74, 6) is -1.30. The van der Waals surface area contributed by atoms with Crippen molar-refractivity contribution >= 4 is 11.4 Å². The molecule has 0 amide bonds. The van der Waals surface area contributed by atoms with Crippen LogP contribution < -0.4 is 5.32 Å². The molecule has 110 valence electrons. The number of hydrogen-bond donors (Lipinski definition) is 1. The van der Waals surface area contributed by atoms with E-state index in [0.717, 1.165) is 11.6 Å². The van der Waals surface area contributed by atoms with Crippen molar-refractivity contribution in [2.45, 2.75) is 19.9 Å². The fourth-order valence-corrected chi connectivity index (χ4v) is 2.04. The first kappa shape index (κ1) is 14.9. The molecule has 0 heterocycles. The van der Waals surface area contributed by atoms with Gasteiger partial charge in [-0.1, -0.05) is 12.1 Å². The number of rotatable bonds is 4. The highest BCUT2D eigenvalue weighted by Crippen LogP contribution is 2.27. The molecule has 2 aromatic rings. The van der Waals surface area contributed by atoms with E-state index in [1.165, 1.54) is 24.3 Å². The number of nitro groups is 1. The first-order chi connectivity index (χ1) is 9.88. The second-order valence-electron chi connectivity index (χ2n) is 4.79. The van der Waals surface area contributed by atoms with Gasteiger partial charge in [0.1, 0.15) is 11.6 Å². The van der Waals surface area contributed by atoms with Gasteiger partial charge in [-0.15, -0.1) is 0 Å². The molecular formula is C15H14F2N2O2. The molecular weight excluding hydrogens is 278 g/mol. The molecule has 6 heteroatoms. The number of nitro benzene ring substituents is 1. The number of nitrogens with one attached hydrogen (secondary N) is 1. The molecule has 0 radical (unpaired) electrons. The molecule has 0 aliphatic carbocycles. The second-order valence-corrected chi connectivity index (χ2v) is 4.79. The fourth-order valence-electron chi connectivity index (χ4n) is 2.04. The van der Waals surface area contributed by atoms with Crippen molar-refractivity contribution in [2.24, 2.45) is 0 Å². The zero-order valence-corrected chi connectivity index (χ0v) is 11.6. The van der Waals surface area contributed by atoms with Crippen LogP contribution in [0.5, 0.6) is 0 Å². The number of halogens is 2. The van der Waals surface area contributed by atoms with Crippen LogP contribution in [0.4, 0.5) is 20.2 Å². The lowest BCUT2D eigenvalue weighted by Gasteiger charge is -2.18. The molecule has 0 fully saturated rings. The molecule has 1 unspecified atom stereocenters. The standard InChI is InChI=1S/C15H14F2N2O2/c1-9-3-5-12(19(20)21)8-15(9)18-10(2)13-6-4-11(16)7-14(13)17/h3-8,10,18H,1-2H3. The van der Waals surface area contributed by atoms with E-state index in [-0.39, 0.29) is 5.69 Å². The maximum Gasteiger partial charge on any atom is 0.271 e. The highest BCUT2D eigenvalue weighted by atomic mass is 19.1. The van der Waals surface area contributed by atoms with E-state index in [1.54, 1.807) is 19.9 Å². The van der Waals surface area contributed by atoms with Gasteiger partial charge >= 0.3 is 0 Å². The summed E-state index contributed by atoms with van der Waals surface area (Å²) >= 11 is 0. The Hall–Kier alpha value is -2.50. The number of benzene rings is 2. The third-order valence-corrected chi connectivity index (χ3v) is 3.23. The van der Waals surface area contributed by atoms with Crippen molar-refractivity contribution in [1.82, 2.24) is 0 Å². The molecule has 0 bridgehead atoms. The minimum atomic E-state index is -0.655. The van der Waals surface area contributed by atoms with Crippen molar-refractivity contribution in [3.63, 3.8) is 0 Å². The molecule has 4 nitrogen and oxygen atoms in total. The molecule has 21 heavy (non-hydrogen) atoms. The predicted octanol–water partition coefficient (Wildman–Crippen LogP) is 4.35. The number of hydrogen-bond acceptors (Lipinski definition) is 3. The van der Waals surface area contributed by atoms with Crippen molar-refractivity contribution < 1.29 is 13.7 Å². The molecule has 2 rings (SSSR count). The molecule has 0 saturated carbocycles. The Morgan fingerprint density at radius 3 is 2.52 bits per heavy atom. The Morgan fingerprint density at radius 1 is 1.19 bits per heavy atom. The van der Waals surface area contributed by atoms with E-state index >= 15 is 0 Å². The lowest BCUT2D eigenvalue weighted by Crippen LogP contribution is -2.10. The van der Waals surface area contributed by atoms with Crippen LogP contribution in [0.2, 0.25) is 0 Å². The van der Waals surface area contributed by atoms with Crippen molar-refractivity contribution in [2.75, 3.05) is 5.32 Å². The van der Waals surface area contributed by atoms with E-state index in [0.29, 0.717) is 11.3 Å².